The average Bonchev–Trinajstić information content (AvgIpc) is 2.85. The molecule has 0 amide bonds. The summed E-state index contributed by atoms with van der Waals surface area (Å²) in [7, 11) is -3.83. The number of ketones is 1. The molecule has 0 bridgehead atoms. The zero-order chi connectivity index (χ0) is 19.5. The van der Waals surface area contributed by atoms with Gasteiger partial charge in [0.05, 0.1) is 18.5 Å². The Balaban J connectivity index is 2.08. The lowest BCUT2D eigenvalue weighted by atomic mass is 9.85. The van der Waals surface area contributed by atoms with Gasteiger partial charge in [0, 0.05) is 5.92 Å². The van der Waals surface area contributed by atoms with Crippen LogP contribution in [-0.2, 0) is 28.9 Å². The van der Waals surface area contributed by atoms with E-state index in [-0.39, 0.29) is 12.4 Å². The first kappa shape index (κ1) is 20.5. The fourth-order valence-electron chi connectivity index (χ4n) is 3.07. The van der Waals surface area contributed by atoms with Gasteiger partial charge in [0.2, 0.25) is 0 Å². The van der Waals surface area contributed by atoms with Crippen molar-refractivity contribution in [2.45, 2.75) is 38.6 Å². The molecule has 0 aromatic heterocycles. The number of Topliss-reactive ketones (excluding diaryl/α,β-unsaturated/α-hetero) is 1. The van der Waals surface area contributed by atoms with E-state index in [0.29, 0.717) is 5.56 Å². The molecule has 2 rings (SSSR count). The molecule has 1 aliphatic heterocycles. The monoisotopic (exact) mass is 384 g/mol. The third kappa shape index (κ3) is 5.36. The number of carboxylic acid groups (broad SMARTS) is 1. The highest BCUT2D eigenvalue weighted by molar-refractivity contribution is 7.92. The summed E-state index contributed by atoms with van der Waals surface area (Å²) in [6, 6.07) is 8.70. The van der Waals surface area contributed by atoms with Crippen molar-refractivity contribution in [1.82, 2.24) is 0 Å². The van der Waals surface area contributed by atoms with Crippen LogP contribution in [0, 0.1) is 5.92 Å². The van der Waals surface area contributed by atoms with Gasteiger partial charge in [-0.2, -0.15) is 0 Å². The second-order valence-corrected chi connectivity index (χ2v) is 9.10. The molecule has 1 fully saturated rings. The molecule has 1 saturated heterocycles. The quantitative estimate of drug-likeness (QED) is 0.679. The van der Waals surface area contributed by atoms with Gasteiger partial charge in [0.25, 0.3) is 0 Å². The molecule has 1 aliphatic rings. The van der Waals surface area contributed by atoms with E-state index in [2.05, 4.69) is 0 Å². The first-order valence-electron chi connectivity index (χ1n) is 8.33. The second kappa shape index (κ2) is 7.85. The Morgan fingerprint density at radius 1 is 1.27 bits per heavy atom. The standard InChI is InChI=1S/C18H24O7S/c1-12(13-7-5-4-6-8-13)16(17(20)21)15(19)11-26(22,23)10-14-9-24-18(2,3)25-14/h4-8,12,14,16H,9-11H2,1-3H3,(H,20,21). The van der Waals surface area contributed by atoms with Gasteiger partial charge in [-0.3, -0.25) is 9.59 Å². The van der Waals surface area contributed by atoms with E-state index in [9.17, 15) is 23.1 Å². The summed E-state index contributed by atoms with van der Waals surface area (Å²) >= 11 is 0. The fraction of sp³-hybridized carbons (Fsp3) is 0.556. The molecule has 144 valence electrons. The van der Waals surface area contributed by atoms with Gasteiger partial charge in [-0.15, -0.1) is 0 Å². The van der Waals surface area contributed by atoms with E-state index in [1.807, 2.05) is 0 Å². The molecule has 1 heterocycles. The Morgan fingerprint density at radius 2 is 1.88 bits per heavy atom. The van der Waals surface area contributed by atoms with E-state index in [0.717, 1.165) is 0 Å². The molecule has 26 heavy (non-hydrogen) atoms. The molecular weight excluding hydrogens is 360 g/mol. The predicted octanol–water partition coefficient (Wildman–Crippen LogP) is 1.63. The highest BCUT2D eigenvalue weighted by atomic mass is 32.2. The van der Waals surface area contributed by atoms with Gasteiger partial charge < -0.3 is 14.6 Å². The van der Waals surface area contributed by atoms with Gasteiger partial charge >= 0.3 is 5.97 Å². The van der Waals surface area contributed by atoms with Crippen molar-refractivity contribution >= 4 is 21.6 Å². The predicted molar refractivity (Wildman–Crippen MR) is 94.5 cm³/mol. The van der Waals surface area contributed by atoms with Crippen LogP contribution in [0.1, 0.15) is 32.3 Å². The van der Waals surface area contributed by atoms with Crippen molar-refractivity contribution in [2.24, 2.45) is 5.92 Å². The summed E-state index contributed by atoms with van der Waals surface area (Å²) in [6.07, 6.45) is -0.669. The van der Waals surface area contributed by atoms with E-state index in [1.54, 1.807) is 51.1 Å². The molecule has 7 nitrogen and oxygen atoms in total. The zero-order valence-corrected chi connectivity index (χ0v) is 15.9. The van der Waals surface area contributed by atoms with Crippen molar-refractivity contribution in [3.05, 3.63) is 35.9 Å². The van der Waals surface area contributed by atoms with E-state index in [1.165, 1.54) is 0 Å². The smallest absolute Gasteiger partial charge is 0.314 e. The average molecular weight is 384 g/mol. The number of carboxylic acids is 1. The van der Waals surface area contributed by atoms with Crippen LogP contribution in [0.25, 0.3) is 0 Å². The molecule has 3 unspecified atom stereocenters. The molecule has 3 atom stereocenters. The van der Waals surface area contributed by atoms with Crippen molar-refractivity contribution < 1.29 is 32.6 Å². The molecule has 0 spiro atoms. The maximum Gasteiger partial charge on any atom is 0.314 e. The molecule has 0 radical (unpaired) electrons. The zero-order valence-electron chi connectivity index (χ0n) is 15.0. The maximum absolute atomic E-state index is 12.5. The summed E-state index contributed by atoms with van der Waals surface area (Å²) < 4.78 is 35.5. The number of sulfone groups is 1. The fourth-order valence-corrected chi connectivity index (χ4v) is 4.53. The number of carbonyl (C=O) groups excluding carboxylic acids is 1. The molecule has 1 N–H and O–H groups in total. The summed E-state index contributed by atoms with van der Waals surface area (Å²) in [5.74, 6) is -6.30. The van der Waals surface area contributed by atoms with Gasteiger partial charge in [0.15, 0.2) is 21.4 Å². The molecule has 1 aromatic carbocycles. The van der Waals surface area contributed by atoms with Crippen molar-refractivity contribution in [2.75, 3.05) is 18.1 Å². The largest absolute Gasteiger partial charge is 0.481 e. The topological polar surface area (TPSA) is 107 Å². The Hall–Kier alpha value is -1.77. The minimum absolute atomic E-state index is 0.114. The molecule has 0 saturated carbocycles. The number of hydrogen-bond donors (Lipinski definition) is 1. The van der Waals surface area contributed by atoms with Gasteiger partial charge in [0.1, 0.15) is 11.7 Å². The third-order valence-corrected chi connectivity index (χ3v) is 5.91. The van der Waals surface area contributed by atoms with Gasteiger partial charge in [-0.05, 0) is 19.4 Å². The molecule has 8 heteroatoms. The van der Waals surface area contributed by atoms with Crippen LogP contribution in [0.5, 0.6) is 0 Å². The third-order valence-electron chi connectivity index (χ3n) is 4.31. The Bertz CT molecular complexity index is 755. The van der Waals surface area contributed by atoms with Crippen molar-refractivity contribution in [1.29, 1.82) is 0 Å². The van der Waals surface area contributed by atoms with Crippen LogP contribution in [-0.4, -0.2) is 55.3 Å². The summed E-state index contributed by atoms with van der Waals surface area (Å²) in [6.45, 7) is 5.07. The van der Waals surface area contributed by atoms with Crippen LogP contribution in [0.4, 0.5) is 0 Å². The first-order chi connectivity index (χ1) is 12.0. The van der Waals surface area contributed by atoms with E-state index < -0.39 is 51.1 Å². The number of aliphatic carboxylic acids is 1. The highest BCUT2D eigenvalue weighted by Crippen LogP contribution is 2.27. The number of hydrogen-bond acceptors (Lipinski definition) is 6. The van der Waals surface area contributed by atoms with Crippen LogP contribution in [0.3, 0.4) is 0 Å². The van der Waals surface area contributed by atoms with Crippen molar-refractivity contribution in [3.63, 3.8) is 0 Å². The number of rotatable bonds is 8. The lowest BCUT2D eigenvalue weighted by molar-refractivity contribution is -0.146. The minimum atomic E-state index is -3.83. The first-order valence-corrected chi connectivity index (χ1v) is 10.2. The Kier molecular flexibility index (Phi) is 6.21. The number of benzene rings is 1. The lowest BCUT2D eigenvalue weighted by Gasteiger charge is -2.20. The SMILES string of the molecule is CC(c1ccccc1)C(C(=O)O)C(=O)CS(=O)(=O)CC1COC(C)(C)O1. The van der Waals surface area contributed by atoms with Gasteiger partial charge in [-0.25, -0.2) is 8.42 Å². The Morgan fingerprint density at radius 3 is 2.38 bits per heavy atom. The van der Waals surface area contributed by atoms with Crippen LogP contribution in [0.2, 0.25) is 0 Å². The highest BCUT2D eigenvalue weighted by Gasteiger charge is 2.39. The van der Waals surface area contributed by atoms with Crippen LogP contribution >= 0.6 is 0 Å². The summed E-state index contributed by atoms with van der Waals surface area (Å²) in [5, 5.41) is 9.46. The molecule has 1 aromatic rings. The van der Waals surface area contributed by atoms with Crippen LogP contribution < -0.4 is 0 Å². The number of ether oxygens (including phenoxy) is 2. The summed E-state index contributed by atoms with van der Waals surface area (Å²) in [4.78, 5) is 24.1. The van der Waals surface area contributed by atoms with E-state index >= 15 is 0 Å². The Labute approximate surface area is 153 Å². The maximum atomic E-state index is 12.5. The lowest BCUT2D eigenvalue weighted by Crippen LogP contribution is -2.36. The minimum Gasteiger partial charge on any atom is -0.481 e. The second-order valence-electron chi connectivity index (χ2n) is 6.99. The summed E-state index contributed by atoms with van der Waals surface area (Å²) in [5.41, 5.74) is 0.667. The van der Waals surface area contributed by atoms with E-state index in [4.69, 9.17) is 9.47 Å². The van der Waals surface area contributed by atoms with Crippen LogP contribution in [0.15, 0.2) is 30.3 Å². The van der Waals surface area contributed by atoms with Crippen molar-refractivity contribution in [3.8, 4) is 0 Å². The molecular formula is C18H24O7S. The number of carbonyl (C=O) groups is 2. The molecule has 0 aliphatic carbocycles. The van der Waals surface area contributed by atoms with Gasteiger partial charge in [-0.1, -0.05) is 37.3 Å². The normalized spacial score (nSPS) is 21.9.